The van der Waals surface area contributed by atoms with Crippen LogP contribution >= 0.6 is 0 Å². The zero-order valence-corrected chi connectivity index (χ0v) is 9.47. The van der Waals surface area contributed by atoms with Crippen LogP contribution in [0.15, 0.2) is 11.6 Å². The molecule has 0 aromatic heterocycles. The van der Waals surface area contributed by atoms with Gasteiger partial charge in [-0.25, -0.2) is 4.39 Å². The topological polar surface area (TPSA) is 12.0 Å². The Kier molecular flexibility index (Phi) is 4.18. The molecule has 2 aliphatic rings. The van der Waals surface area contributed by atoms with Crippen molar-refractivity contribution in [1.29, 1.82) is 0 Å². The van der Waals surface area contributed by atoms with Crippen molar-refractivity contribution in [3.05, 3.63) is 11.6 Å². The van der Waals surface area contributed by atoms with E-state index in [9.17, 15) is 4.39 Å². The maximum absolute atomic E-state index is 14.2. The summed E-state index contributed by atoms with van der Waals surface area (Å²) < 4.78 is 14.2. The summed E-state index contributed by atoms with van der Waals surface area (Å²) in [6.45, 7) is 0.998. The Morgan fingerprint density at radius 1 is 1.20 bits per heavy atom. The predicted octanol–water partition coefficient (Wildman–Crippen LogP) is 3.36. The fraction of sp³-hybridized carbons (Fsp3) is 0.846. The van der Waals surface area contributed by atoms with Crippen molar-refractivity contribution in [1.82, 2.24) is 5.32 Å². The van der Waals surface area contributed by atoms with Crippen LogP contribution in [-0.2, 0) is 0 Å². The minimum absolute atomic E-state index is 0.107. The lowest BCUT2D eigenvalue weighted by Gasteiger charge is -2.20. The maximum atomic E-state index is 14.2. The molecule has 0 aromatic rings. The first-order chi connectivity index (χ1) is 7.38. The summed E-state index contributed by atoms with van der Waals surface area (Å²) in [6.07, 6.45) is 10.7. The van der Waals surface area contributed by atoms with Gasteiger partial charge in [-0.1, -0.05) is 18.9 Å². The zero-order valence-electron chi connectivity index (χ0n) is 9.47. The SMILES string of the molecule is FC(C1=CCCCCCC1)C1CCCN1. The van der Waals surface area contributed by atoms with Crippen LogP contribution in [-0.4, -0.2) is 18.8 Å². The van der Waals surface area contributed by atoms with Gasteiger partial charge in [0.05, 0.1) is 0 Å². The Labute approximate surface area is 92.1 Å². The molecule has 15 heavy (non-hydrogen) atoms. The van der Waals surface area contributed by atoms with Crippen LogP contribution in [0.25, 0.3) is 0 Å². The molecule has 86 valence electrons. The van der Waals surface area contributed by atoms with Crippen LogP contribution in [0.2, 0.25) is 0 Å². The third-order valence-corrected chi connectivity index (χ3v) is 3.63. The molecular weight excluding hydrogens is 189 g/mol. The fourth-order valence-corrected chi connectivity index (χ4v) is 2.69. The highest BCUT2D eigenvalue weighted by atomic mass is 19.1. The minimum Gasteiger partial charge on any atom is -0.311 e. The highest BCUT2D eigenvalue weighted by Gasteiger charge is 2.26. The van der Waals surface area contributed by atoms with Gasteiger partial charge in [0.1, 0.15) is 6.17 Å². The highest BCUT2D eigenvalue weighted by molar-refractivity contribution is 5.13. The van der Waals surface area contributed by atoms with Gasteiger partial charge in [-0.2, -0.15) is 0 Å². The van der Waals surface area contributed by atoms with E-state index < -0.39 is 6.17 Å². The molecule has 2 unspecified atom stereocenters. The van der Waals surface area contributed by atoms with Gasteiger partial charge in [-0.3, -0.25) is 0 Å². The van der Waals surface area contributed by atoms with E-state index in [4.69, 9.17) is 0 Å². The second-order valence-electron chi connectivity index (χ2n) is 4.84. The minimum atomic E-state index is -0.717. The van der Waals surface area contributed by atoms with Crippen LogP contribution in [0, 0.1) is 0 Å². The Balaban J connectivity index is 1.93. The van der Waals surface area contributed by atoms with Crippen LogP contribution in [0.5, 0.6) is 0 Å². The largest absolute Gasteiger partial charge is 0.311 e. The molecule has 0 aromatic carbocycles. The number of alkyl halides is 1. The van der Waals surface area contributed by atoms with Gasteiger partial charge in [0.2, 0.25) is 0 Å². The standard InChI is InChI=1S/C13H22FN/c14-13(12-9-6-10-15-12)11-7-4-2-1-3-5-8-11/h7,12-13,15H,1-6,8-10H2. The summed E-state index contributed by atoms with van der Waals surface area (Å²) in [5, 5.41) is 3.27. The lowest BCUT2D eigenvalue weighted by Crippen LogP contribution is -2.33. The molecule has 1 nitrogen and oxygen atoms in total. The zero-order chi connectivity index (χ0) is 10.5. The van der Waals surface area contributed by atoms with Crippen LogP contribution in [0.3, 0.4) is 0 Å². The Hall–Kier alpha value is -0.370. The van der Waals surface area contributed by atoms with Gasteiger partial charge in [-0.05, 0) is 50.6 Å². The second-order valence-corrected chi connectivity index (χ2v) is 4.84. The van der Waals surface area contributed by atoms with Crippen LogP contribution in [0.4, 0.5) is 4.39 Å². The van der Waals surface area contributed by atoms with E-state index in [2.05, 4.69) is 11.4 Å². The first kappa shape index (κ1) is 11.1. The van der Waals surface area contributed by atoms with Gasteiger partial charge in [0.25, 0.3) is 0 Å². The Bertz CT molecular complexity index is 219. The first-order valence-electron chi connectivity index (χ1n) is 6.44. The number of rotatable bonds is 2. The molecule has 1 aliphatic heterocycles. The van der Waals surface area contributed by atoms with Gasteiger partial charge >= 0.3 is 0 Å². The molecule has 1 N–H and O–H groups in total. The molecular formula is C13H22FN. The number of nitrogens with one attached hydrogen (secondary N) is 1. The third kappa shape index (κ3) is 3.04. The Morgan fingerprint density at radius 3 is 2.87 bits per heavy atom. The van der Waals surface area contributed by atoms with E-state index in [0.29, 0.717) is 0 Å². The van der Waals surface area contributed by atoms with E-state index in [1.165, 1.54) is 25.7 Å². The average Bonchev–Trinajstić information content (AvgIpc) is 2.68. The predicted molar refractivity (Wildman–Crippen MR) is 61.7 cm³/mol. The molecule has 2 heteroatoms. The number of hydrogen-bond acceptors (Lipinski definition) is 1. The number of hydrogen-bond donors (Lipinski definition) is 1. The summed E-state index contributed by atoms with van der Waals surface area (Å²) in [7, 11) is 0. The molecule has 1 fully saturated rings. The number of halogens is 1. The summed E-state index contributed by atoms with van der Waals surface area (Å²) in [5.41, 5.74) is 1.08. The molecule has 0 bridgehead atoms. The van der Waals surface area contributed by atoms with E-state index >= 15 is 0 Å². The molecule has 0 saturated carbocycles. The lowest BCUT2D eigenvalue weighted by molar-refractivity contribution is 0.296. The van der Waals surface area contributed by atoms with Crippen molar-refractivity contribution in [3.8, 4) is 0 Å². The van der Waals surface area contributed by atoms with Crippen molar-refractivity contribution in [2.45, 2.75) is 63.6 Å². The summed E-state index contributed by atoms with van der Waals surface area (Å²) in [4.78, 5) is 0. The summed E-state index contributed by atoms with van der Waals surface area (Å²) in [6, 6.07) is 0.107. The van der Waals surface area contributed by atoms with Crippen molar-refractivity contribution in [2.24, 2.45) is 0 Å². The highest BCUT2D eigenvalue weighted by Crippen LogP contribution is 2.25. The van der Waals surface area contributed by atoms with Gasteiger partial charge in [0, 0.05) is 6.04 Å². The monoisotopic (exact) mass is 211 g/mol. The van der Waals surface area contributed by atoms with Crippen molar-refractivity contribution in [3.63, 3.8) is 0 Å². The molecule has 1 heterocycles. The molecule has 0 spiro atoms. The normalized spacial score (nSPS) is 30.5. The summed E-state index contributed by atoms with van der Waals surface area (Å²) in [5.74, 6) is 0. The van der Waals surface area contributed by atoms with Gasteiger partial charge in [0.15, 0.2) is 0 Å². The first-order valence-corrected chi connectivity index (χ1v) is 6.44. The van der Waals surface area contributed by atoms with E-state index in [1.807, 2.05) is 0 Å². The fourth-order valence-electron chi connectivity index (χ4n) is 2.69. The molecule has 0 amide bonds. The third-order valence-electron chi connectivity index (χ3n) is 3.63. The van der Waals surface area contributed by atoms with Crippen molar-refractivity contribution < 1.29 is 4.39 Å². The molecule has 0 radical (unpaired) electrons. The van der Waals surface area contributed by atoms with Crippen molar-refractivity contribution in [2.75, 3.05) is 6.54 Å². The van der Waals surface area contributed by atoms with Crippen LogP contribution < -0.4 is 5.32 Å². The molecule has 2 atom stereocenters. The smallest absolute Gasteiger partial charge is 0.136 e. The molecule has 1 aliphatic carbocycles. The van der Waals surface area contributed by atoms with E-state index in [1.54, 1.807) is 0 Å². The van der Waals surface area contributed by atoms with E-state index in [0.717, 1.165) is 37.8 Å². The average molecular weight is 211 g/mol. The quantitative estimate of drug-likeness (QED) is 0.691. The maximum Gasteiger partial charge on any atom is 0.136 e. The lowest BCUT2D eigenvalue weighted by atomic mass is 9.93. The van der Waals surface area contributed by atoms with Crippen LogP contribution in [0.1, 0.15) is 51.4 Å². The van der Waals surface area contributed by atoms with E-state index in [-0.39, 0.29) is 6.04 Å². The number of allylic oxidation sites excluding steroid dienone is 1. The van der Waals surface area contributed by atoms with Gasteiger partial charge in [-0.15, -0.1) is 0 Å². The molecule has 1 saturated heterocycles. The molecule has 2 rings (SSSR count). The Morgan fingerprint density at radius 2 is 2.07 bits per heavy atom. The van der Waals surface area contributed by atoms with Gasteiger partial charge < -0.3 is 5.32 Å². The summed E-state index contributed by atoms with van der Waals surface area (Å²) >= 11 is 0. The second kappa shape index (κ2) is 5.64. The van der Waals surface area contributed by atoms with Crippen molar-refractivity contribution >= 4 is 0 Å².